The van der Waals surface area contributed by atoms with Gasteiger partial charge < -0.3 is 20.2 Å². The number of nitrogens with zero attached hydrogens (tertiary/aromatic N) is 2. The summed E-state index contributed by atoms with van der Waals surface area (Å²) in [7, 11) is 0. The Labute approximate surface area is 137 Å². The van der Waals surface area contributed by atoms with E-state index in [1.807, 2.05) is 0 Å². The summed E-state index contributed by atoms with van der Waals surface area (Å²) in [5, 5.41) is 28.8. The molecule has 0 aliphatic heterocycles. The number of carbonyl (C=O) groups is 2. The molecule has 1 aromatic carbocycles. The number of non-ortho nitro benzene ring substituents is 1. The third-order valence-electron chi connectivity index (χ3n) is 3.22. The average molecular weight is 352 g/mol. The normalized spacial score (nSPS) is 10.9. The SMILES string of the molecule is O=C(O)CN(CC(=O)O)Cc1cc([N+](=O)[O-])cc2[nH]c(=O)c(=O)[nH]c12. The third kappa shape index (κ3) is 4.26. The van der Waals surface area contributed by atoms with Gasteiger partial charge in [0.15, 0.2) is 0 Å². The lowest BCUT2D eigenvalue weighted by molar-refractivity contribution is -0.384. The highest BCUT2D eigenvalue weighted by atomic mass is 16.6. The van der Waals surface area contributed by atoms with E-state index in [0.29, 0.717) is 0 Å². The maximum absolute atomic E-state index is 11.5. The Bertz CT molecular complexity index is 960. The van der Waals surface area contributed by atoms with Gasteiger partial charge in [0.05, 0.1) is 29.0 Å². The van der Waals surface area contributed by atoms with Gasteiger partial charge in [-0.1, -0.05) is 0 Å². The van der Waals surface area contributed by atoms with Crippen molar-refractivity contribution in [3.05, 3.63) is 48.5 Å². The minimum atomic E-state index is -1.29. The predicted octanol–water partition coefficient (Wildman–Crippen LogP) is -0.904. The molecule has 0 spiro atoms. The number of fused-ring (bicyclic) bond motifs is 1. The zero-order valence-corrected chi connectivity index (χ0v) is 12.5. The first kappa shape index (κ1) is 17.8. The first-order valence-electron chi connectivity index (χ1n) is 6.77. The molecule has 2 aromatic rings. The van der Waals surface area contributed by atoms with Gasteiger partial charge in [0.1, 0.15) is 0 Å². The van der Waals surface area contributed by atoms with Gasteiger partial charge in [-0.25, -0.2) is 0 Å². The molecular formula is C13H12N4O8. The first-order valence-corrected chi connectivity index (χ1v) is 6.77. The fourth-order valence-electron chi connectivity index (χ4n) is 2.30. The molecule has 1 heterocycles. The van der Waals surface area contributed by atoms with Crippen molar-refractivity contribution in [2.24, 2.45) is 0 Å². The molecule has 0 fully saturated rings. The van der Waals surface area contributed by atoms with E-state index in [2.05, 4.69) is 9.97 Å². The van der Waals surface area contributed by atoms with Crippen LogP contribution in [0.4, 0.5) is 5.69 Å². The standard InChI is InChI=1S/C13H12N4O8/c18-9(19)4-16(5-10(20)21)3-6-1-7(17(24)25)2-8-11(6)15-13(23)12(22)14-8/h1-2H,3-5H2,(H,14,22)(H,15,23)(H,18,19)(H,20,21). The maximum atomic E-state index is 11.5. The van der Waals surface area contributed by atoms with Gasteiger partial charge in [-0.05, 0) is 5.56 Å². The van der Waals surface area contributed by atoms with Crippen LogP contribution in [-0.2, 0) is 16.1 Å². The number of nitro benzene ring substituents is 1. The summed E-state index contributed by atoms with van der Waals surface area (Å²) in [5.74, 6) is -2.59. The molecule has 0 saturated carbocycles. The molecular weight excluding hydrogens is 340 g/mol. The van der Waals surface area contributed by atoms with Gasteiger partial charge in [-0.2, -0.15) is 0 Å². The second kappa shape index (κ2) is 6.92. The number of aromatic nitrogens is 2. The van der Waals surface area contributed by atoms with Crippen LogP contribution in [0.25, 0.3) is 11.0 Å². The van der Waals surface area contributed by atoms with E-state index in [9.17, 15) is 29.3 Å². The number of hydrogen-bond donors (Lipinski definition) is 4. The van der Waals surface area contributed by atoms with E-state index in [4.69, 9.17) is 10.2 Å². The van der Waals surface area contributed by atoms with E-state index in [1.165, 1.54) is 0 Å². The molecule has 1 aromatic heterocycles. The molecule has 0 radical (unpaired) electrons. The highest BCUT2D eigenvalue weighted by Gasteiger charge is 2.19. The molecule has 0 bridgehead atoms. The van der Waals surface area contributed by atoms with Crippen LogP contribution in [-0.4, -0.2) is 55.0 Å². The minimum Gasteiger partial charge on any atom is -0.480 e. The molecule has 0 amide bonds. The van der Waals surface area contributed by atoms with Crippen molar-refractivity contribution in [2.45, 2.75) is 6.54 Å². The summed E-state index contributed by atoms with van der Waals surface area (Å²) < 4.78 is 0. The van der Waals surface area contributed by atoms with Gasteiger partial charge in [0, 0.05) is 18.7 Å². The van der Waals surface area contributed by atoms with Crippen molar-refractivity contribution in [2.75, 3.05) is 13.1 Å². The molecule has 132 valence electrons. The Morgan fingerprint density at radius 2 is 1.64 bits per heavy atom. The third-order valence-corrected chi connectivity index (χ3v) is 3.22. The van der Waals surface area contributed by atoms with Crippen LogP contribution < -0.4 is 11.1 Å². The Kier molecular flexibility index (Phi) is 4.93. The lowest BCUT2D eigenvalue weighted by Gasteiger charge is -2.18. The molecule has 0 unspecified atom stereocenters. The summed E-state index contributed by atoms with van der Waals surface area (Å²) >= 11 is 0. The largest absolute Gasteiger partial charge is 0.480 e. The predicted molar refractivity (Wildman–Crippen MR) is 82.4 cm³/mol. The smallest absolute Gasteiger partial charge is 0.317 e. The topological polar surface area (TPSA) is 187 Å². The van der Waals surface area contributed by atoms with E-state index in [1.54, 1.807) is 0 Å². The van der Waals surface area contributed by atoms with Crippen LogP contribution in [0, 0.1) is 10.1 Å². The molecule has 25 heavy (non-hydrogen) atoms. The highest BCUT2D eigenvalue weighted by Crippen LogP contribution is 2.22. The molecule has 0 aliphatic rings. The molecule has 0 saturated heterocycles. The van der Waals surface area contributed by atoms with Gasteiger partial charge in [-0.3, -0.25) is 34.2 Å². The number of nitrogens with one attached hydrogen (secondary N) is 2. The van der Waals surface area contributed by atoms with Crippen molar-refractivity contribution < 1.29 is 24.7 Å². The minimum absolute atomic E-state index is 0.0283. The van der Waals surface area contributed by atoms with Gasteiger partial charge >= 0.3 is 23.1 Å². The summed E-state index contributed by atoms with van der Waals surface area (Å²) in [6, 6.07) is 2.11. The molecule has 4 N–H and O–H groups in total. The number of rotatable bonds is 7. The highest BCUT2D eigenvalue weighted by molar-refractivity contribution is 5.80. The number of carboxylic acid groups (broad SMARTS) is 2. The number of aliphatic carboxylic acids is 2. The van der Waals surface area contributed by atoms with Crippen LogP contribution >= 0.6 is 0 Å². The van der Waals surface area contributed by atoms with Gasteiger partial charge in [0.2, 0.25) is 0 Å². The molecule has 0 aliphatic carbocycles. The van der Waals surface area contributed by atoms with Crippen LogP contribution in [0.15, 0.2) is 21.7 Å². The van der Waals surface area contributed by atoms with Crippen LogP contribution in [0.5, 0.6) is 0 Å². The zero-order chi connectivity index (χ0) is 18.7. The quantitative estimate of drug-likeness (QED) is 0.278. The number of aromatic amines is 2. The summed E-state index contributed by atoms with van der Waals surface area (Å²) in [5.41, 5.74) is -2.29. The maximum Gasteiger partial charge on any atom is 0.317 e. The summed E-state index contributed by atoms with van der Waals surface area (Å²) in [4.78, 5) is 60.4. The second-order valence-corrected chi connectivity index (χ2v) is 5.13. The molecule has 12 nitrogen and oxygen atoms in total. The van der Waals surface area contributed by atoms with Crippen molar-refractivity contribution in [3.8, 4) is 0 Å². The Hall–Kier alpha value is -3.54. The van der Waals surface area contributed by atoms with Crippen LogP contribution in [0.1, 0.15) is 5.56 Å². The Morgan fingerprint density at radius 1 is 1.08 bits per heavy atom. The first-order chi connectivity index (χ1) is 11.7. The van der Waals surface area contributed by atoms with Gasteiger partial charge in [0.25, 0.3) is 5.69 Å². The van der Waals surface area contributed by atoms with E-state index in [-0.39, 0.29) is 23.1 Å². The molecule has 0 atom stereocenters. The Morgan fingerprint density at radius 3 is 2.16 bits per heavy atom. The van der Waals surface area contributed by atoms with Crippen LogP contribution in [0.2, 0.25) is 0 Å². The lowest BCUT2D eigenvalue weighted by Crippen LogP contribution is -2.34. The van der Waals surface area contributed by atoms with Crippen molar-refractivity contribution in [1.29, 1.82) is 0 Å². The molecule has 2 rings (SSSR count). The fourth-order valence-corrected chi connectivity index (χ4v) is 2.30. The summed E-state index contributed by atoms with van der Waals surface area (Å²) in [6.45, 7) is -1.58. The zero-order valence-electron chi connectivity index (χ0n) is 12.5. The van der Waals surface area contributed by atoms with E-state index in [0.717, 1.165) is 17.0 Å². The monoisotopic (exact) mass is 352 g/mol. The van der Waals surface area contributed by atoms with E-state index < -0.39 is 46.8 Å². The number of nitro groups is 1. The summed E-state index contributed by atoms with van der Waals surface area (Å²) in [6.07, 6.45) is 0. The number of carboxylic acids is 2. The second-order valence-electron chi connectivity index (χ2n) is 5.13. The van der Waals surface area contributed by atoms with E-state index >= 15 is 0 Å². The number of H-pyrrole nitrogens is 2. The lowest BCUT2D eigenvalue weighted by atomic mass is 10.1. The molecule has 12 heteroatoms. The van der Waals surface area contributed by atoms with Crippen LogP contribution in [0.3, 0.4) is 0 Å². The van der Waals surface area contributed by atoms with Crippen molar-refractivity contribution in [3.63, 3.8) is 0 Å². The fraction of sp³-hybridized carbons (Fsp3) is 0.231. The number of benzene rings is 1. The van der Waals surface area contributed by atoms with Crippen molar-refractivity contribution in [1.82, 2.24) is 14.9 Å². The Balaban J connectivity index is 2.60. The van der Waals surface area contributed by atoms with Crippen molar-refractivity contribution >= 4 is 28.7 Å². The van der Waals surface area contributed by atoms with Gasteiger partial charge in [-0.15, -0.1) is 0 Å². The number of hydrogen-bond acceptors (Lipinski definition) is 7. The average Bonchev–Trinajstić information content (AvgIpc) is 2.47.